The van der Waals surface area contributed by atoms with E-state index in [4.69, 9.17) is 10.6 Å². The number of halogens is 1. The van der Waals surface area contributed by atoms with Crippen molar-refractivity contribution in [2.24, 2.45) is 11.3 Å². The van der Waals surface area contributed by atoms with Gasteiger partial charge < -0.3 is 15.5 Å². The van der Waals surface area contributed by atoms with Crippen LogP contribution in [0.15, 0.2) is 12.3 Å². The number of carbonyl (C=O) groups excluding carboxylic acids is 1. The minimum Gasteiger partial charge on any atom is -0.381 e. The summed E-state index contributed by atoms with van der Waals surface area (Å²) in [5, 5.41) is 2.82. The first-order valence-corrected chi connectivity index (χ1v) is 6.36. The zero-order valence-electron chi connectivity index (χ0n) is 11.7. The Hall–Kier alpha value is -1.73. The van der Waals surface area contributed by atoms with E-state index in [1.165, 1.54) is 12.3 Å². The van der Waals surface area contributed by atoms with E-state index in [2.05, 4.69) is 15.7 Å². The van der Waals surface area contributed by atoms with E-state index in [-0.39, 0.29) is 28.9 Å². The average molecular weight is 282 g/mol. The second kappa shape index (κ2) is 5.34. The fourth-order valence-electron chi connectivity index (χ4n) is 2.49. The first-order chi connectivity index (χ1) is 9.41. The summed E-state index contributed by atoms with van der Waals surface area (Å²) >= 11 is 0. The van der Waals surface area contributed by atoms with Crippen molar-refractivity contribution in [3.05, 3.63) is 23.6 Å². The Morgan fingerprint density at radius 1 is 1.60 bits per heavy atom. The van der Waals surface area contributed by atoms with Crippen molar-refractivity contribution in [1.29, 1.82) is 0 Å². The summed E-state index contributed by atoms with van der Waals surface area (Å²) < 4.78 is 19.3. The lowest BCUT2D eigenvalue weighted by molar-refractivity contribution is -0.0942. The second-order valence-electron chi connectivity index (χ2n) is 5.47. The first-order valence-electron chi connectivity index (χ1n) is 6.36. The van der Waals surface area contributed by atoms with E-state index < -0.39 is 11.7 Å². The number of ether oxygens (including phenoxy) is 1. The molecule has 4 N–H and O–H groups in total. The van der Waals surface area contributed by atoms with Gasteiger partial charge in [-0.3, -0.25) is 4.79 Å². The predicted molar refractivity (Wildman–Crippen MR) is 72.5 cm³/mol. The highest BCUT2D eigenvalue weighted by molar-refractivity contribution is 5.95. The molecule has 20 heavy (non-hydrogen) atoms. The Morgan fingerprint density at radius 2 is 2.30 bits per heavy atom. The number of anilines is 1. The van der Waals surface area contributed by atoms with Crippen LogP contribution in [0.25, 0.3) is 0 Å². The minimum atomic E-state index is -0.757. The van der Waals surface area contributed by atoms with Crippen LogP contribution in [-0.4, -0.2) is 30.1 Å². The highest BCUT2D eigenvalue weighted by Crippen LogP contribution is 2.42. The zero-order chi connectivity index (χ0) is 14.9. The number of nitrogens with two attached hydrogens (primary N) is 1. The second-order valence-corrected chi connectivity index (χ2v) is 5.47. The van der Waals surface area contributed by atoms with Gasteiger partial charge >= 0.3 is 0 Å². The van der Waals surface area contributed by atoms with E-state index in [0.717, 1.165) is 0 Å². The fraction of sp³-hybridized carbons (Fsp3) is 0.538. The Bertz CT molecular complexity index is 521. The van der Waals surface area contributed by atoms with E-state index in [1.807, 2.05) is 13.8 Å². The number of rotatable bonds is 4. The molecule has 0 radical (unpaired) electrons. The summed E-state index contributed by atoms with van der Waals surface area (Å²) in [6, 6.07) is 1.27. The maximum atomic E-state index is 13.9. The molecule has 1 heterocycles. The van der Waals surface area contributed by atoms with E-state index in [1.54, 1.807) is 7.11 Å². The third kappa shape index (κ3) is 2.34. The standard InChI is InChI=1S/C13H19FN4O2/c1-13(2)8(6-9(13)20-3)17-12(19)7-4-5-16-11(18-15)10(7)14/h4-5,8-9H,6,15H2,1-3H3,(H,16,18)(H,17,19). The van der Waals surface area contributed by atoms with Crippen LogP contribution >= 0.6 is 0 Å². The van der Waals surface area contributed by atoms with Crippen molar-refractivity contribution < 1.29 is 13.9 Å². The van der Waals surface area contributed by atoms with E-state index >= 15 is 0 Å². The highest BCUT2D eigenvalue weighted by Gasteiger charge is 2.49. The number of hydrogen-bond acceptors (Lipinski definition) is 5. The molecule has 0 aliphatic heterocycles. The number of pyridine rings is 1. The summed E-state index contributed by atoms with van der Waals surface area (Å²) in [5.41, 5.74) is 1.86. The summed E-state index contributed by atoms with van der Waals surface area (Å²) in [5.74, 6) is 3.75. The molecule has 2 rings (SSSR count). The normalized spacial score (nSPS) is 23.9. The molecule has 1 amide bonds. The largest absolute Gasteiger partial charge is 0.381 e. The number of hydrazine groups is 1. The monoisotopic (exact) mass is 282 g/mol. The van der Waals surface area contributed by atoms with Gasteiger partial charge in [0, 0.05) is 24.8 Å². The number of amides is 1. The Balaban J connectivity index is 2.11. The number of nitrogens with one attached hydrogen (secondary N) is 2. The van der Waals surface area contributed by atoms with Crippen LogP contribution in [0.3, 0.4) is 0 Å². The number of aromatic nitrogens is 1. The molecule has 7 heteroatoms. The van der Waals surface area contributed by atoms with Crippen molar-refractivity contribution in [3.8, 4) is 0 Å². The van der Waals surface area contributed by atoms with E-state index in [0.29, 0.717) is 6.42 Å². The average Bonchev–Trinajstić information content (AvgIpc) is 2.42. The van der Waals surface area contributed by atoms with Crippen molar-refractivity contribution in [3.63, 3.8) is 0 Å². The molecule has 0 spiro atoms. The fourth-order valence-corrected chi connectivity index (χ4v) is 2.49. The maximum absolute atomic E-state index is 13.9. The zero-order valence-corrected chi connectivity index (χ0v) is 11.7. The molecular formula is C13H19FN4O2. The Labute approximate surface area is 116 Å². The lowest BCUT2D eigenvalue weighted by Gasteiger charge is -2.51. The Morgan fingerprint density at radius 3 is 2.85 bits per heavy atom. The van der Waals surface area contributed by atoms with Crippen molar-refractivity contribution >= 4 is 11.7 Å². The van der Waals surface area contributed by atoms with Crippen LogP contribution in [0.5, 0.6) is 0 Å². The third-order valence-electron chi connectivity index (χ3n) is 4.04. The molecule has 0 bridgehead atoms. The van der Waals surface area contributed by atoms with Crippen LogP contribution < -0.4 is 16.6 Å². The molecule has 0 saturated heterocycles. The third-order valence-corrected chi connectivity index (χ3v) is 4.04. The van der Waals surface area contributed by atoms with Gasteiger partial charge in [-0.15, -0.1) is 0 Å². The van der Waals surface area contributed by atoms with Crippen molar-refractivity contribution in [1.82, 2.24) is 10.3 Å². The summed E-state index contributed by atoms with van der Waals surface area (Å²) in [4.78, 5) is 15.8. The molecule has 1 saturated carbocycles. The minimum absolute atomic E-state index is 0.0539. The lowest BCUT2D eigenvalue weighted by atomic mass is 9.64. The highest BCUT2D eigenvalue weighted by atomic mass is 19.1. The number of carbonyl (C=O) groups is 1. The van der Waals surface area contributed by atoms with Gasteiger partial charge in [0.1, 0.15) is 0 Å². The molecule has 2 atom stereocenters. The van der Waals surface area contributed by atoms with Crippen molar-refractivity contribution in [2.45, 2.75) is 32.4 Å². The summed E-state index contributed by atoms with van der Waals surface area (Å²) in [7, 11) is 1.65. The SMILES string of the molecule is COC1CC(NC(=O)c2ccnc(NN)c2F)C1(C)C. The van der Waals surface area contributed by atoms with Crippen molar-refractivity contribution in [2.75, 3.05) is 12.5 Å². The van der Waals surface area contributed by atoms with Crippen LogP contribution in [-0.2, 0) is 4.74 Å². The number of nitrogens with zero attached hydrogens (tertiary/aromatic N) is 1. The molecule has 1 aromatic heterocycles. The molecular weight excluding hydrogens is 263 g/mol. The van der Waals surface area contributed by atoms with Crippen LogP contribution in [0.1, 0.15) is 30.6 Å². The van der Waals surface area contributed by atoms with Gasteiger partial charge in [0.05, 0.1) is 11.7 Å². The number of hydrogen-bond donors (Lipinski definition) is 3. The van der Waals surface area contributed by atoms with Gasteiger partial charge in [-0.1, -0.05) is 13.8 Å². The van der Waals surface area contributed by atoms with Gasteiger partial charge in [0.2, 0.25) is 0 Å². The van der Waals surface area contributed by atoms with Gasteiger partial charge in [0.25, 0.3) is 5.91 Å². The molecule has 1 aliphatic carbocycles. The molecule has 1 aromatic rings. The molecule has 1 fully saturated rings. The summed E-state index contributed by atoms with van der Waals surface area (Å²) in [6.45, 7) is 4.01. The van der Waals surface area contributed by atoms with Crippen LogP contribution in [0.4, 0.5) is 10.2 Å². The molecule has 110 valence electrons. The van der Waals surface area contributed by atoms with Crippen LogP contribution in [0.2, 0.25) is 0 Å². The topological polar surface area (TPSA) is 89.3 Å². The van der Waals surface area contributed by atoms with Gasteiger partial charge in [0.15, 0.2) is 11.6 Å². The number of nitrogen functional groups attached to an aromatic ring is 1. The summed E-state index contributed by atoms with van der Waals surface area (Å²) in [6.07, 6.45) is 2.14. The first kappa shape index (κ1) is 14.7. The number of methoxy groups -OCH3 is 1. The van der Waals surface area contributed by atoms with Gasteiger partial charge in [-0.25, -0.2) is 15.2 Å². The Kier molecular flexibility index (Phi) is 3.92. The van der Waals surface area contributed by atoms with Gasteiger partial charge in [-0.05, 0) is 12.5 Å². The molecule has 0 aromatic carbocycles. The maximum Gasteiger partial charge on any atom is 0.254 e. The van der Waals surface area contributed by atoms with E-state index in [9.17, 15) is 9.18 Å². The van der Waals surface area contributed by atoms with Gasteiger partial charge in [-0.2, -0.15) is 0 Å². The quantitative estimate of drug-likeness (QED) is 0.567. The smallest absolute Gasteiger partial charge is 0.254 e. The molecule has 6 nitrogen and oxygen atoms in total. The predicted octanol–water partition coefficient (Wildman–Crippen LogP) is 1.05. The van der Waals surface area contributed by atoms with Crippen LogP contribution in [0, 0.1) is 11.2 Å². The molecule has 1 aliphatic rings. The lowest BCUT2D eigenvalue weighted by Crippen LogP contribution is -2.61. The molecule has 2 unspecified atom stereocenters.